The molecule has 1 aromatic heterocycles. The van der Waals surface area contributed by atoms with Crippen LogP contribution in [-0.4, -0.2) is 62.8 Å². The van der Waals surface area contributed by atoms with E-state index < -0.39 is 10.0 Å². The number of carbonyl (C=O) groups excluding carboxylic acids is 1. The van der Waals surface area contributed by atoms with Gasteiger partial charge in [-0.1, -0.05) is 18.5 Å². The number of nitrogens with one attached hydrogen (secondary N) is 1. The van der Waals surface area contributed by atoms with Crippen molar-refractivity contribution < 1.29 is 13.2 Å². The Morgan fingerprint density at radius 3 is 2.52 bits per heavy atom. The molecule has 2 aliphatic heterocycles. The van der Waals surface area contributed by atoms with Crippen LogP contribution >= 0.6 is 22.9 Å². The van der Waals surface area contributed by atoms with Crippen molar-refractivity contribution in [2.75, 3.05) is 39.3 Å². The summed E-state index contributed by atoms with van der Waals surface area (Å²) in [4.78, 5) is 14.8. The molecular formula is C18H28ClN3O3S2. The number of sulfonamides is 1. The number of carbonyl (C=O) groups is 1. The minimum Gasteiger partial charge on any atom is -0.355 e. The Morgan fingerprint density at radius 2 is 1.93 bits per heavy atom. The van der Waals surface area contributed by atoms with Crippen LogP contribution in [0.1, 0.15) is 32.6 Å². The lowest BCUT2D eigenvalue weighted by Gasteiger charge is -2.33. The minimum absolute atomic E-state index is 0.0838. The average Bonchev–Trinajstić information content (AvgIpc) is 3.33. The Bertz CT molecular complexity index is 739. The molecule has 2 saturated heterocycles. The maximum Gasteiger partial charge on any atom is 0.252 e. The molecule has 1 amide bonds. The van der Waals surface area contributed by atoms with E-state index in [2.05, 4.69) is 10.2 Å². The van der Waals surface area contributed by atoms with E-state index in [0.717, 1.165) is 31.0 Å². The van der Waals surface area contributed by atoms with Gasteiger partial charge in [0.25, 0.3) is 10.0 Å². The molecule has 1 atom stereocenters. The summed E-state index contributed by atoms with van der Waals surface area (Å²) >= 11 is 6.96. The highest BCUT2D eigenvalue weighted by atomic mass is 35.5. The standard InChI is InChI=1S/C18H28ClN3O3S2/c1-14(18(23)20-8-13-21-9-2-3-10-21)15-6-11-22(12-7-15)27(24,25)17-5-4-16(19)26-17/h4-5,14-15H,2-3,6-13H2,1H3,(H,20,23)/t14-/m1/s1. The van der Waals surface area contributed by atoms with E-state index in [4.69, 9.17) is 11.6 Å². The van der Waals surface area contributed by atoms with E-state index in [1.807, 2.05) is 6.92 Å². The van der Waals surface area contributed by atoms with Gasteiger partial charge in [0.1, 0.15) is 4.21 Å². The SMILES string of the molecule is C[C@@H](C(=O)NCCN1CCCC1)C1CCN(S(=O)(=O)c2ccc(Cl)s2)CC1. The van der Waals surface area contributed by atoms with Crippen LogP contribution in [0.15, 0.2) is 16.3 Å². The molecule has 0 bridgehead atoms. The molecule has 0 saturated carbocycles. The van der Waals surface area contributed by atoms with E-state index in [1.165, 1.54) is 17.1 Å². The van der Waals surface area contributed by atoms with Crippen molar-refractivity contribution in [1.29, 1.82) is 0 Å². The number of hydrogen-bond donors (Lipinski definition) is 1. The summed E-state index contributed by atoms with van der Waals surface area (Å²) in [5.74, 6) is 0.209. The second-order valence-electron chi connectivity index (χ2n) is 7.43. The molecule has 1 aromatic rings. The first-order valence-corrected chi connectivity index (χ1v) is 12.3. The summed E-state index contributed by atoms with van der Waals surface area (Å²) in [7, 11) is -3.47. The molecule has 6 nitrogen and oxygen atoms in total. The van der Waals surface area contributed by atoms with E-state index in [1.54, 1.807) is 12.1 Å². The monoisotopic (exact) mass is 433 g/mol. The Kier molecular flexibility index (Phi) is 7.19. The van der Waals surface area contributed by atoms with Gasteiger partial charge >= 0.3 is 0 Å². The maximum atomic E-state index is 12.7. The fourth-order valence-electron chi connectivity index (χ4n) is 3.90. The molecule has 2 fully saturated rings. The van der Waals surface area contributed by atoms with E-state index in [9.17, 15) is 13.2 Å². The first-order valence-electron chi connectivity index (χ1n) is 9.63. The van der Waals surface area contributed by atoms with Crippen LogP contribution in [0.4, 0.5) is 0 Å². The molecule has 3 rings (SSSR count). The number of rotatable bonds is 7. The van der Waals surface area contributed by atoms with Gasteiger partial charge in [0.2, 0.25) is 5.91 Å². The number of hydrogen-bond acceptors (Lipinski definition) is 5. The summed E-state index contributed by atoms with van der Waals surface area (Å²) in [5, 5.41) is 3.05. The summed E-state index contributed by atoms with van der Waals surface area (Å²) in [6, 6.07) is 3.17. The van der Waals surface area contributed by atoms with Gasteiger partial charge in [0.05, 0.1) is 4.34 Å². The summed E-state index contributed by atoms with van der Waals surface area (Å²) < 4.78 is 27.6. The number of halogens is 1. The van der Waals surface area contributed by atoms with Crippen molar-refractivity contribution in [3.63, 3.8) is 0 Å². The highest BCUT2D eigenvalue weighted by Crippen LogP contribution is 2.32. The van der Waals surface area contributed by atoms with Gasteiger partial charge in [0.15, 0.2) is 0 Å². The molecule has 3 heterocycles. The topological polar surface area (TPSA) is 69.7 Å². The van der Waals surface area contributed by atoms with Gasteiger partial charge in [0, 0.05) is 32.1 Å². The van der Waals surface area contributed by atoms with Gasteiger partial charge in [-0.3, -0.25) is 4.79 Å². The molecule has 27 heavy (non-hydrogen) atoms. The Balaban J connectivity index is 1.45. The molecule has 0 aliphatic carbocycles. The Labute approximate surface area is 170 Å². The first-order chi connectivity index (χ1) is 12.9. The molecule has 9 heteroatoms. The van der Waals surface area contributed by atoms with Crippen molar-refractivity contribution in [2.45, 2.75) is 36.8 Å². The minimum atomic E-state index is -3.47. The summed E-state index contributed by atoms with van der Waals surface area (Å²) in [6.45, 7) is 6.73. The predicted octanol–water partition coefficient (Wildman–Crippen LogP) is 2.65. The van der Waals surface area contributed by atoms with Gasteiger partial charge in [-0.15, -0.1) is 11.3 Å². The quantitative estimate of drug-likeness (QED) is 0.717. The smallest absolute Gasteiger partial charge is 0.252 e. The zero-order valence-corrected chi connectivity index (χ0v) is 18.1. The van der Waals surface area contributed by atoms with Crippen molar-refractivity contribution >= 4 is 38.9 Å². The van der Waals surface area contributed by atoms with Crippen LogP contribution in [0, 0.1) is 11.8 Å². The van der Waals surface area contributed by atoms with Crippen molar-refractivity contribution in [2.24, 2.45) is 11.8 Å². The van der Waals surface area contributed by atoms with Crippen LogP contribution in [0.2, 0.25) is 4.34 Å². The summed E-state index contributed by atoms with van der Waals surface area (Å²) in [6.07, 6.45) is 3.92. The molecule has 1 N–H and O–H groups in total. The van der Waals surface area contributed by atoms with E-state index >= 15 is 0 Å². The summed E-state index contributed by atoms with van der Waals surface area (Å²) in [5.41, 5.74) is 0. The lowest BCUT2D eigenvalue weighted by atomic mass is 9.85. The Morgan fingerprint density at radius 1 is 1.26 bits per heavy atom. The number of nitrogens with zero attached hydrogens (tertiary/aromatic N) is 2. The second-order valence-corrected chi connectivity index (χ2v) is 11.3. The number of thiophene rings is 1. The van der Waals surface area contributed by atoms with Crippen molar-refractivity contribution in [3.05, 3.63) is 16.5 Å². The van der Waals surface area contributed by atoms with E-state index in [-0.39, 0.29) is 17.7 Å². The zero-order valence-electron chi connectivity index (χ0n) is 15.7. The Hall–Kier alpha value is -0.670. The van der Waals surface area contributed by atoms with Crippen LogP contribution in [0.25, 0.3) is 0 Å². The normalized spacial score (nSPS) is 21.4. The van der Waals surface area contributed by atoms with Gasteiger partial charge in [-0.2, -0.15) is 4.31 Å². The van der Waals surface area contributed by atoms with Crippen LogP contribution in [0.5, 0.6) is 0 Å². The van der Waals surface area contributed by atoms with Crippen LogP contribution in [-0.2, 0) is 14.8 Å². The third-order valence-electron chi connectivity index (χ3n) is 5.69. The van der Waals surface area contributed by atoms with Crippen molar-refractivity contribution in [3.8, 4) is 0 Å². The fraction of sp³-hybridized carbons (Fsp3) is 0.722. The highest BCUT2D eigenvalue weighted by Gasteiger charge is 2.34. The van der Waals surface area contributed by atoms with Crippen LogP contribution < -0.4 is 5.32 Å². The predicted molar refractivity (Wildman–Crippen MR) is 109 cm³/mol. The molecule has 0 aromatic carbocycles. The largest absolute Gasteiger partial charge is 0.355 e. The lowest BCUT2D eigenvalue weighted by Crippen LogP contribution is -2.43. The molecular weight excluding hydrogens is 406 g/mol. The third kappa shape index (κ3) is 5.23. The molecule has 2 aliphatic rings. The molecule has 152 valence electrons. The van der Waals surface area contributed by atoms with E-state index in [0.29, 0.717) is 41.0 Å². The number of amides is 1. The van der Waals surface area contributed by atoms with Gasteiger partial charge < -0.3 is 10.2 Å². The molecule has 0 radical (unpaired) electrons. The number of likely N-dealkylation sites (tertiary alicyclic amines) is 1. The highest BCUT2D eigenvalue weighted by molar-refractivity contribution is 7.91. The lowest BCUT2D eigenvalue weighted by molar-refractivity contribution is -0.126. The first kappa shape index (κ1) is 21.0. The molecule has 0 spiro atoms. The third-order valence-corrected chi connectivity index (χ3v) is 9.29. The second kappa shape index (κ2) is 9.22. The van der Waals surface area contributed by atoms with Gasteiger partial charge in [-0.05, 0) is 56.8 Å². The maximum absolute atomic E-state index is 12.7. The molecule has 0 unspecified atom stereocenters. The van der Waals surface area contributed by atoms with Crippen LogP contribution in [0.3, 0.4) is 0 Å². The van der Waals surface area contributed by atoms with Gasteiger partial charge in [-0.25, -0.2) is 8.42 Å². The zero-order chi connectivity index (χ0) is 19.4. The fourth-order valence-corrected chi connectivity index (χ4v) is 7.00. The number of piperidine rings is 1. The average molecular weight is 434 g/mol. The van der Waals surface area contributed by atoms with Crippen molar-refractivity contribution in [1.82, 2.24) is 14.5 Å².